The van der Waals surface area contributed by atoms with Crippen molar-refractivity contribution in [3.63, 3.8) is 0 Å². The number of ketones is 1. The predicted octanol–water partition coefficient (Wildman–Crippen LogP) is 1.58. The number of ether oxygens (including phenoxy) is 1. The maximum absolute atomic E-state index is 11.1. The first kappa shape index (κ1) is 9.24. The Morgan fingerprint density at radius 2 is 2.57 bits per heavy atom. The van der Waals surface area contributed by atoms with E-state index in [-0.39, 0.29) is 6.04 Å². The first-order valence-electron chi connectivity index (χ1n) is 4.98. The third-order valence-corrected chi connectivity index (χ3v) is 2.48. The summed E-state index contributed by atoms with van der Waals surface area (Å²) in [6.45, 7) is 2.59. The van der Waals surface area contributed by atoms with Crippen molar-refractivity contribution in [3.8, 4) is 5.75 Å². The number of nitrogens with zero attached hydrogens (tertiary/aromatic N) is 2. The van der Waals surface area contributed by atoms with Crippen LogP contribution in [-0.2, 0) is 4.79 Å². The second-order valence-electron chi connectivity index (χ2n) is 3.52. The Labute approximate surface area is 82.9 Å². The zero-order chi connectivity index (χ0) is 9.97. The normalized spacial score (nSPS) is 21.5. The number of hydrogen-bond acceptors (Lipinski definition) is 3. The summed E-state index contributed by atoms with van der Waals surface area (Å²) in [6.07, 6.45) is 5.78. The molecule has 1 aromatic heterocycles. The summed E-state index contributed by atoms with van der Waals surface area (Å²) in [5, 5.41) is 4.19. The van der Waals surface area contributed by atoms with Gasteiger partial charge in [-0.1, -0.05) is 0 Å². The molecule has 1 saturated carbocycles. The molecule has 1 atom stereocenters. The van der Waals surface area contributed by atoms with E-state index in [0.717, 1.165) is 12.2 Å². The van der Waals surface area contributed by atoms with Crippen molar-refractivity contribution in [1.29, 1.82) is 0 Å². The quantitative estimate of drug-likeness (QED) is 0.733. The summed E-state index contributed by atoms with van der Waals surface area (Å²) >= 11 is 0. The van der Waals surface area contributed by atoms with Crippen LogP contribution in [0.4, 0.5) is 0 Å². The van der Waals surface area contributed by atoms with Gasteiger partial charge in [0.15, 0.2) is 5.75 Å². The molecule has 0 aromatic carbocycles. The molecule has 1 aliphatic rings. The van der Waals surface area contributed by atoms with Crippen LogP contribution in [0.5, 0.6) is 5.75 Å². The lowest BCUT2D eigenvalue weighted by molar-refractivity contribution is -0.117. The average Bonchev–Trinajstić information content (AvgIpc) is 2.74. The van der Waals surface area contributed by atoms with Crippen molar-refractivity contribution >= 4 is 5.78 Å². The van der Waals surface area contributed by atoms with Crippen LogP contribution in [0.25, 0.3) is 0 Å². The molecule has 0 bridgehead atoms. The predicted molar refractivity (Wildman–Crippen MR) is 51.3 cm³/mol. The van der Waals surface area contributed by atoms with Crippen LogP contribution < -0.4 is 4.74 Å². The number of Topliss-reactive ketones (excluding diaryl/α,β-unsaturated/α-hetero) is 1. The molecule has 0 radical (unpaired) electrons. The van der Waals surface area contributed by atoms with E-state index in [9.17, 15) is 4.79 Å². The fourth-order valence-corrected chi connectivity index (χ4v) is 1.78. The minimum absolute atomic E-state index is 0.247. The number of hydrogen-bond donors (Lipinski definition) is 0. The Balaban J connectivity index is 2.05. The summed E-state index contributed by atoms with van der Waals surface area (Å²) in [7, 11) is 0. The van der Waals surface area contributed by atoms with Gasteiger partial charge in [0.05, 0.1) is 25.0 Å². The zero-order valence-electron chi connectivity index (χ0n) is 8.27. The second kappa shape index (κ2) is 3.82. The van der Waals surface area contributed by atoms with Crippen molar-refractivity contribution < 1.29 is 9.53 Å². The standard InChI is InChI=1S/C10H14N2O2/c1-2-14-10-6-11-12(7-10)8-3-4-9(13)5-8/h6-8H,2-5H2,1H3. The molecule has 4 nitrogen and oxygen atoms in total. The highest BCUT2D eigenvalue weighted by Gasteiger charge is 2.24. The van der Waals surface area contributed by atoms with Crippen molar-refractivity contribution in [2.45, 2.75) is 32.2 Å². The Bertz CT molecular complexity index is 333. The highest BCUT2D eigenvalue weighted by atomic mass is 16.5. The van der Waals surface area contributed by atoms with Crippen LogP contribution in [0.15, 0.2) is 12.4 Å². The summed E-state index contributed by atoms with van der Waals surface area (Å²) in [5.74, 6) is 1.12. The van der Waals surface area contributed by atoms with Gasteiger partial charge in [0.2, 0.25) is 0 Å². The summed E-state index contributed by atoms with van der Waals surface area (Å²) in [4.78, 5) is 11.1. The zero-order valence-corrected chi connectivity index (χ0v) is 8.27. The monoisotopic (exact) mass is 194 g/mol. The van der Waals surface area contributed by atoms with Crippen molar-refractivity contribution in [2.75, 3.05) is 6.61 Å². The number of carbonyl (C=O) groups is 1. The van der Waals surface area contributed by atoms with Crippen molar-refractivity contribution in [3.05, 3.63) is 12.4 Å². The third kappa shape index (κ3) is 1.78. The fraction of sp³-hybridized carbons (Fsp3) is 0.600. The van der Waals surface area contributed by atoms with E-state index in [1.807, 2.05) is 17.8 Å². The van der Waals surface area contributed by atoms with Gasteiger partial charge in [-0.2, -0.15) is 5.10 Å². The molecule has 4 heteroatoms. The van der Waals surface area contributed by atoms with Gasteiger partial charge >= 0.3 is 0 Å². The average molecular weight is 194 g/mol. The lowest BCUT2D eigenvalue weighted by Crippen LogP contribution is -2.05. The third-order valence-electron chi connectivity index (χ3n) is 2.48. The minimum Gasteiger partial charge on any atom is -0.491 e. The van der Waals surface area contributed by atoms with Gasteiger partial charge in [0.25, 0.3) is 0 Å². The Kier molecular flexibility index (Phi) is 2.52. The maximum atomic E-state index is 11.1. The van der Waals surface area contributed by atoms with Crippen LogP contribution in [0.2, 0.25) is 0 Å². The van der Waals surface area contributed by atoms with E-state index < -0.39 is 0 Å². The number of carbonyl (C=O) groups excluding carboxylic acids is 1. The molecule has 0 N–H and O–H groups in total. The van der Waals surface area contributed by atoms with Crippen LogP contribution >= 0.6 is 0 Å². The Hall–Kier alpha value is -1.32. The van der Waals surface area contributed by atoms with Gasteiger partial charge in [-0.15, -0.1) is 0 Å². The SMILES string of the molecule is CCOc1cnn(C2CCC(=O)C2)c1. The lowest BCUT2D eigenvalue weighted by atomic mass is 10.3. The van der Waals surface area contributed by atoms with Crippen LogP contribution in [0.1, 0.15) is 32.2 Å². The molecule has 1 unspecified atom stereocenters. The summed E-state index contributed by atoms with van der Waals surface area (Å²) in [5.41, 5.74) is 0. The van der Waals surface area contributed by atoms with E-state index in [1.54, 1.807) is 6.20 Å². The molecule has 1 aliphatic carbocycles. The lowest BCUT2D eigenvalue weighted by Gasteiger charge is -2.07. The molecule has 0 amide bonds. The number of rotatable bonds is 3. The van der Waals surface area contributed by atoms with Crippen LogP contribution in [0.3, 0.4) is 0 Å². The topological polar surface area (TPSA) is 44.1 Å². The van der Waals surface area contributed by atoms with Gasteiger partial charge in [-0.3, -0.25) is 9.48 Å². The molecular weight excluding hydrogens is 180 g/mol. The number of aromatic nitrogens is 2. The van der Waals surface area contributed by atoms with Gasteiger partial charge in [0, 0.05) is 12.8 Å². The van der Waals surface area contributed by atoms with E-state index in [0.29, 0.717) is 25.2 Å². The van der Waals surface area contributed by atoms with Gasteiger partial charge in [-0.25, -0.2) is 0 Å². The fourth-order valence-electron chi connectivity index (χ4n) is 1.78. The molecule has 2 rings (SSSR count). The highest BCUT2D eigenvalue weighted by molar-refractivity contribution is 5.80. The summed E-state index contributed by atoms with van der Waals surface area (Å²) < 4.78 is 7.15. The first-order valence-corrected chi connectivity index (χ1v) is 4.98. The molecule has 1 heterocycles. The van der Waals surface area contributed by atoms with E-state index >= 15 is 0 Å². The molecule has 76 valence electrons. The van der Waals surface area contributed by atoms with Gasteiger partial charge in [-0.05, 0) is 13.3 Å². The molecule has 1 aromatic rings. The largest absolute Gasteiger partial charge is 0.491 e. The van der Waals surface area contributed by atoms with Gasteiger partial charge in [0.1, 0.15) is 5.78 Å². The minimum atomic E-state index is 0.247. The first-order chi connectivity index (χ1) is 6.79. The smallest absolute Gasteiger partial charge is 0.157 e. The van der Waals surface area contributed by atoms with Crippen molar-refractivity contribution in [2.24, 2.45) is 0 Å². The van der Waals surface area contributed by atoms with Gasteiger partial charge < -0.3 is 4.74 Å². The molecule has 1 fully saturated rings. The van der Waals surface area contributed by atoms with Crippen LogP contribution in [-0.4, -0.2) is 22.2 Å². The molecular formula is C10H14N2O2. The van der Waals surface area contributed by atoms with E-state index in [2.05, 4.69) is 5.10 Å². The molecule has 14 heavy (non-hydrogen) atoms. The highest BCUT2D eigenvalue weighted by Crippen LogP contribution is 2.27. The maximum Gasteiger partial charge on any atom is 0.157 e. The second-order valence-corrected chi connectivity index (χ2v) is 3.52. The van der Waals surface area contributed by atoms with E-state index in [1.165, 1.54) is 0 Å². The molecule has 0 spiro atoms. The Morgan fingerprint density at radius 1 is 1.71 bits per heavy atom. The van der Waals surface area contributed by atoms with Crippen molar-refractivity contribution in [1.82, 2.24) is 9.78 Å². The summed E-state index contributed by atoms with van der Waals surface area (Å²) in [6, 6.07) is 0.247. The van der Waals surface area contributed by atoms with E-state index in [4.69, 9.17) is 4.74 Å². The molecule has 0 aliphatic heterocycles. The Morgan fingerprint density at radius 3 is 3.21 bits per heavy atom. The van der Waals surface area contributed by atoms with Crippen LogP contribution in [0, 0.1) is 0 Å². The molecule has 0 saturated heterocycles.